The Kier molecular flexibility index (Phi) is 6.22. The molecule has 1 amide bonds. The van der Waals surface area contributed by atoms with Crippen LogP contribution in [0.5, 0.6) is 0 Å². The van der Waals surface area contributed by atoms with Crippen LogP contribution in [0, 0.1) is 17.0 Å². The Labute approximate surface area is 234 Å². The highest BCUT2D eigenvalue weighted by molar-refractivity contribution is 5.82. The fraction of sp³-hybridized carbons (Fsp3) is 0.333. The summed E-state index contributed by atoms with van der Waals surface area (Å²) in [5.74, 6) is -0.362. The maximum absolute atomic E-state index is 13.8. The number of nitrogens with zero attached hydrogens (tertiary/aromatic N) is 4. The third-order valence-electron chi connectivity index (χ3n) is 8.97. The molecule has 0 saturated carbocycles. The van der Waals surface area contributed by atoms with E-state index >= 15 is 0 Å². The molecule has 11 nitrogen and oxygen atoms in total. The molecule has 1 saturated heterocycles. The minimum atomic E-state index is -1.01. The summed E-state index contributed by atoms with van der Waals surface area (Å²) in [7, 11) is 0. The van der Waals surface area contributed by atoms with E-state index < -0.39 is 11.1 Å². The summed E-state index contributed by atoms with van der Waals surface area (Å²) in [6.07, 6.45) is 2.79. The number of carbonyl (C=O) groups is 1. The lowest BCUT2D eigenvalue weighted by Gasteiger charge is -2.54. The Hall–Kier alpha value is -4.32. The number of hydrogen-bond acceptors (Lipinski definition) is 7. The number of quaternary nitrogens is 1. The normalized spacial score (nSPS) is 23.3. The molecule has 0 spiro atoms. The minimum absolute atomic E-state index is 0.0246. The number of anilines is 1. The molecule has 4 aromatic rings. The smallest absolute Gasteiger partial charge is 0.261 e. The molecule has 3 unspecified atom stereocenters. The molecule has 3 N–H and O–H groups in total. The lowest BCUT2D eigenvalue weighted by molar-refractivity contribution is -0.991. The molecular formula is C30H30N6O5. The summed E-state index contributed by atoms with van der Waals surface area (Å²) >= 11 is 0. The molecule has 0 radical (unpaired) electrons. The number of pyridine rings is 1. The zero-order valence-corrected chi connectivity index (χ0v) is 22.3. The molecule has 3 aliphatic heterocycles. The van der Waals surface area contributed by atoms with Gasteiger partial charge in [-0.25, -0.2) is 10.2 Å². The van der Waals surface area contributed by atoms with E-state index in [1.54, 1.807) is 42.5 Å². The fourth-order valence-corrected chi connectivity index (χ4v) is 7.18. The van der Waals surface area contributed by atoms with Crippen LogP contribution in [0.3, 0.4) is 0 Å². The SMILES string of the molecule is O=C(NCCn1cnc2ccccc2c1=O)[C@@H]1Cc2cc([NH+]([O-])O)ccc2N2CC3CC(Cn4c3cccc4=O)[C@@H]12. The Morgan fingerprint density at radius 2 is 1.95 bits per heavy atom. The van der Waals surface area contributed by atoms with Crippen molar-refractivity contribution in [1.82, 2.24) is 19.4 Å². The number of hydrogen-bond donors (Lipinski definition) is 3. The van der Waals surface area contributed by atoms with Crippen molar-refractivity contribution in [3.05, 3.63) is 104 Å². The number of para-hydroxylation sites is 1. The topological polar surface area (TPSA) is 137 Å². The van der Waals surface area contributed by atoms with Gasteiger partial charge in [0.2, 0.25) is 5.91 Å². The Bertz CT molecular complexity index is 1780. The van der Waals surface area contributed by atoms with Crippen LogP contribution < -0.4 is 26.6 Å². The van der Waals surface area contributed by atoms with Crippen molar-refractivity contribution in [2.45, 2.75) is 37.9 Å². The van der Waals surface area contributed by atoms with Gasteiger partial charge >= 0.3 is 0 Å². The number of fused-ring (bicyclic) bond motifs is 9. The second-order valence-electron chi connectivity index (χ2n) is 11.2. The molecule has 0 aliphatic carbocycles. The summed E-state index contributed by atoms with van der Waals surface area (Å²) in [4.78, 5) is 46.1. The first kappa shape index (κ1) is 25.6. The quantitative estimate of drug-likeness (QED) is 0.313. The molecule has 5 atom stereocenters. The minimum Gasteiger partial charge on any atom is -0.595 e. The highest BCUT2D eigenvalue weighted by Crippen LogP contribution is 2.47. The van der Waals surface area contributed by atoms with Crippen LogP contribution in [-0.4, -0.2) is 44.4 Å². The summed E-state index contributed by atoms with van der Waals surface area (Å²) in [5.41, 5.74) is 3.44. The van der Waals surface area contributed by atoms with Crippen molar-refractivity contribution in [3.63, 3.8) is 0 Å². The van der Waals surface area contributed by atoms with Crippen molar-refractivity contribution in [2.75, 3.05) is 18.0 Å². The second kappa shape index (κ2) is 9.95. The van der Waals surface area contributed by atoms with Gasteiger partial charge in [0.25, 0.3) is 11.1 Å². The lowest BCUT2D eigenvalue weighted by Crippen LogP contribution is -2.99. The molecule has 2 aromatic heterocycles. The number of rotatable bonds is 5. The van der Waals surface area contributed by atoms with Gasteiger partial charge in [0.05, 0.1) is 23.1 Å². The van der Waals surface area contributed by atoms with Crippen molar-refractivity contribution in [3.8, 4) is 0 Å². The lowest BCUT2D eigenvalue weighted by atomic mass is 9.70. The van der Waals surface area contributed by atoms with Gasteiger partial charge in [0, 0.05) is 67.7 Å². The maximum atomic E-state index is 13.8. The molecule has 210 valence electrons. The molecular weight excluding hydrogens is 524 g/mol. The zero-order valence-electron chi connectivity index (χ0n) is 22.3. The Balaban J connectivity index is 1.18. The van der Waals surface area contributed by atoms with Crippen LogP contribution in [0.25, 0.3) is 10.9 Å². The van der Waals surface area contributed by atoms with Crippen LogP contribution in [0.15, 0.2) is 76.6 Å². The average Bonchev–Trinajstić information content (AvgIpc) is 2.98. The predicted octanol–water partition coefficient (Wildman–Crippen LogP) is 0.943. The summed E-state index contributed by atoms with van der Waals surface area (Å²) in [6.45, 7) is 1.71. The molecule has 5 heterocycles. The average molecular weight is 555 g/mol. The number of piperidine rings is 1. The molecule has 11 heteroatoms. The van der Waals surface area contributed by atoms with Gasteiger partial charge in [-0.05, 0) is 48.6 Å². The number of amides is 1. The molecule has 7 rings (SSSR count). The van der Waals surface area contributed by atoms with E-state index in [9.17, 15) is 24.8 Å². The summed E-state index contributed by atoms with van der Waals surface area (Å²) in [6, 6.07) is 17.6. The van der Waals surface area contributed by atoms with Gasteiger partial charge < -0.3 is 20.0 Å². The van der Waals surface area contributed by atoms with Crippen LogP contribution in [0.4, 0.5) is 11.4 Å². The number of aromatic nitrogens is 3. The van der Waals surface area contributed by atoms with Crippen LogP contribution in [-0.2, 0) is 24.3 Å². The van der Waals surface area contributed by atoms with Gasteiger partial charge in [-0.15, -0.1) is 0 Å². The van der Waals surface area contributed by atoms with E-state index in [4.69, 9.17) is 0 Å². The first-order chi connectivity index (χ1) is 19.9. The predicted molar refractivity (Wildman–Crippen MR) is 151 cm³/mol. The maximum Gasteiger partial charge on any atom is 0.261 e. The summed E-state index contributed by atoms with van der Waals surface area (Å²) in [5, 5.41) is 23.9. The van der Waals surface area contributed by atoms with Crippen molar-refractivity contribution in [1.29, 1.82) is 0 Å². The van der Waals surface area contributed by atoms with E-state index in [-0.39, 0.29) is 53.7 Å². The van der Waals surface area contributed by atoms with E-state index in [0.717, 1.165) is 23.4 Å². The van der Waals surface area contributed by atoms with Crippen molar-refractivity contribution in [2.24, 2.45) is 11.8 Å². The Morgan fingerprint density at radius 1 is 1.10 bits per heavy atom. The van der Waals surface area contributed by atoms with E-state index in [0.29, 0.717) is 30.4 Å². The number of nitrogens with one attached hydrogen (secondary N) is 2. The monoisotopic (exact) mass is 554 g/mol. The molecule has 41 heavy (non-hydrogen) atoms. The first-order valence-corrected chi connectivity index (χ1v) is 13.9. The van der Waals surface area contributed by atoms with Crippen LogP contribution >= 0.6 is 0 Å². The third-order valence-corrected chi connectivity index (χ3v) is 8.97. The van der Waals surface area contributed by atoms with Gasteiger partial charge in [-0.3, -0.25) is 19.0 Å². The highest BCUT2D eigenvalue weighted by atomic mass is 16.8. The number of carbonyl (C=O) groups excluding carboxylic acids is 1. The Morgan fingerprint density at radius 3 is 2.80 bits per heavy atom. The van der Waals surface area contributed by atoms with Crippen molar-refractivity contribution < 1.29 is 15.2 Å². The fourth-order valence-electron chi connectivity index (χ4n) is 7.18. The molecule has 1 fully saturated rings. The second-order valence-corrected chi connectivity index (χ2v) is 11.2. The van der Waals surface area contributed by atoms with Gasteiger partial charge in [-0.1, -0.05) is 18.2 Å². The standard InChI is InChI=1S/C30H30N6O5/c37-27-7-3-6-25-19-12-20(16-34(25)27)28-23(14-18-13-21(36(40)41)8-9-26(18)35(28)15-19)29(38)31-10-11-33-17-32-24-5-2-1-4-22(24)30(33)39/h1-9,13,17,19-20,23,28,36,40H,10-12,14-16H2,(H,31,38)/t19?,20?,23-,28+/m1/s1. The van der Waals surface area contributed by atoms with E-state index in [1.165, 1.54) is 10.9 Å². The zero-order chi connectivity index (χ0) is 28.2. The van der Waals surface area contributed by atoms with Crippen LogP contribution in [0.2, 0.25) is 0 Å². The molecule has 3 aliphatic rings. The molecule has 2 aromatic carbocycles. The molecule has 2 bridgehead atoms. The van der Waals surface area contributed by atoms with Gasteiger partial charge in [-0.2, -0.15) is 5.23 Å². The number of benzene rings is 2. The highest BCUT2D eigenvalue weighted by Gasteiger charge is 2.49. The van der Waals surface area contributed by atoms with Gasteiger partial charge in [0.15, 0.2) is 5.69 Å². The van der Waals surface area contributed by atoms with Crippen molar-refractivity contribution >= 4 is 28.2 Å². The largest absolute Gasteiger partial charge is 0.595 e. The van der Waals surface area contributed by atoms with Crippen LogP contribution in [0.1, 0.15) is 23.6 Å². The van der Waals surface area contributed by atoms with E-state index in [2.05, 4.69) is 15.2 Å². The van der Waals surface area contributed by atoms with Gasteiger partial charge in [0.1, 0.15) is 0 Å². The first-order valence-electron chi connectivity index (χ1n) is 13.9. The van der Waals surface area contributed by atoms with E-state index in [1.807, 2.05) is 22.8 Å². The summed E-state index contributed by atoms with van der Waals surface area (Å²) < 4.78 is 3.35. The third kappa shape index (κ3) is 4.33.